The maximum Gasteiger partial charge on any atom is 0.229 e. The van der Waals surface area contributed by atoms with Crippen molar-refractivity contribution in [2.24, 2.45) is 5.92 Å². The Morgan fingerprint density at radius 2 is 2.19 bits per heavy atom. The highest BCUT2D eigenvalue weighted by molar-refractivity contribution is 6.32. The smallest absolute Gasteiger partial charge is 0.229 e. The van der Waals surface area contributed by atoms with Gasteiger partial charge in [0.1, 0.15) is 19.0 Å². The average Bonchev–Trinajstić information content (AvgIpc) is 3.28. The van der Waals surface area contributed by atoms with E-state index in [1.165, 1.54) is 0 Å². The Morgan fingerprint density at radius 3 is 3.04 bits per heavy atom. The molecule has 2 aliphatic rings. The van der Waals surface area contributed by atoms with Gasteiger partial charge in [0.05, 0.1) is 24.2 Å². The molecule has 1 aromatic heterocycles. The van der Waals surface area contributed by atoms with Crippen molar-refractivity contribution in [2.45, 2.75) is 19.4 Å². The fourth-order valence-corrected chi connectivity index (χ4v) is 3.48. The molecule has 0 radical (unpaired) electrons. The second-order valence-electron chi connectivity index (χ2n) is 6.45. The Balaban J connectivity index is 1.41. The van der Waals surface area contributed by atoms with E-state index in [1.807, 2.05) is 4.68 Å². The van der Waals surface area contributed by atoms with E-state index in [4.69, 9.17) is 25.8 Å². The minimum absolute atomic E-state index is 0.137. The Labute approximate surface area is 156 Å². The zero-order chi connectivity index (χ0) is 17.9. The highest BCUT2D eigenvalue weighted by atomic mass is 35.5. The van der Waals surface area contributed by atoms with E-state index in [1.54, 1.807) is 24.4 Å². The normalized spacial score (nSPS) is 18.7. The fraction of sp³-hybridized carbons (Fsp3) is 0.444. The number of nitrogens with zero attached hydrogens (tertiary/aromatic N) is 2. The van der Waals surface area contributed by atoms with Gasteiger partial charge in [-0.2, -0.15) is 5.10 Å². The van der Waals surface area contributed by atoms with Gasteiger partial charge in [-0.25, -0.2) is 4.68 Å². The van der Waals surface area contributed by atoms with Gasteiger partial charge in [0.25, 0.3) is 0 Å². The second kappa shape index (κ2) is 7.55. The SMILES string of the molecule is O=C(Cc1cc(Cl)c2c(c1)OCCO2)Nc1ccnn1C[C@@H]1CCOC1. The maximum absolute atomic E-state index is 12.5. The summed E-state index contributed by atoms with van der Waals surface area (Å²) in [5, 5.41) is 7.67. The number of ether oxygens (including phenoxy) is 3. The minimum atomic E-state index is -0.137. The number of rotatable bonds is 5. The molecular formula is C18H20ClN3O4. The van der Waals surface area contributed by atoms with E-state index < -0.39 is 0 Å². The van der Waals surface area contributed by atoms with Crippen molar-refractivity contribution in [1.82, 2.24) is 9.78 Å². The second-order valence-corrected chi connectivity index (χ2v) is 6.86. The third-order valence-electron chi connectivity index (χ3n) is 4.46. The summed E-state index contributed by atoms with van der Waals surface area (Å²) < 4.78 is 18.3. The summed E-state index contributed by atoms with van der Waals surface area (Å²) in [5.41, 5.74) is 0.770. The molecule has 1 atom stereocenters. The summed E-state index contributed by atoms with van der Waals surface area (Å²) in [7, 11) is 0. The Hall–Kier alpha value is -2.25. The molecule has 138 valence electrons. The molecule has 1 amide bonds. The van der Waals surface area contributed by atoms with E-state index in [0.29, 0.717) is 41.5 Å². The predicted molar refractivity (Wildman–Crippen MR) is 95.9 cm³/mol. The first-order chi connectivity index (χ1) is 12.7. The molecule has 0 aliphatic carbocycles. The zero-order valence-electron chi connectivity index (χ0n) is 14.2. The van der Waals surface area contributed by atoms with Crippen LogP contribution in [0.25, 0.3) is 0 Å². The van der Waals surface area contributed by atoms with Gasteiger partial charge in [0.2, 0.25) is 5.91 Å². The van der Waals surface area contributed by atoms with Crippen LogP contribution in [0.5, 0.6) is 11.5 Å². The molecule has 8 heteroatoms. The van der Waals surface area contributed by atoms with Crippen molar-refractivity contribution < 1.29 is 19.0 Å². The molecule has 4 rings (SSSR count). The number of nitrogens with one attached hydrogen (secondary N) is 1. The summed E-state index contributed by atoms with van der Waals surface area (Å²) in [4.78, 5) is 12.5. The molecule has 2 aliphatic heterocycles. The number of aromatic nitrogens is 2. The van der Waals surface area contributed by atoms with Crippen LogP contribution in [0.15, 0.2) is 24.4 Å². The highest BCUT2D eigenvalue weighted by Gasteiger charge is 2.20. The summed E-state index contributed by atoms with van der Waals surface area (Å²) in [6.07, 6.45) is 2.89. The molecular weight excluding hydrogens is 358 g/mol. The van der Waals surface area contributed by atoms with Crippen molar-refractivity contribution in [3.63, 3.8) is 0 Å². The summed E-state index contributed by atoms with van der Waals surface area (Å²) >= 11 is 6.23. The Morgan fingerprint density at radius 1 is 1.31 bits per heavy atom. The van der Waals surface area contributed by atoms with Crippen LogP contribution in [0, 0.1) is 5.92 Å². The number of hydrogen-bond acceptors (Lipinski definition) is 5. The largest absolute Gasteiger partial charge is 0.486 e. The van der Waals surface area contributed by atoms with Crippen LogP contribution in [0.2, 0.25) is 5.02 Å². The molecule has 2 aromatic rings. The zero-order valence-corrected chi connectivity index (χ0v) is 15.0. The summed E-state index contributed by atoms with van der Waals surface area (Å²) in [6.45, 7) is 3.21. The molecule has 26 heavy (non-hydrogen) atoms. The van der Waals surface area contributed by atoms with Crippen molar-refractivity contribution in [3.8, 4) is 11.5 Å². The van der Waals surface area contributed by atoms with Crippen LogP contribution < -0.4 is 14.8 Å². The Bertz CT molecular complexity index is 802. The molecule has 1 aromatic carbocycles. The lowest BCUT2D eigenvalue weighted by atomic mass is 10.1. The molecule has 1 N–H and O–H groups in total. The van der Waals surface area contributed by atoms with Gasteiger partial charge in [-0.1, -0.05) is 11.6 Å². The van der Waals surface area contributed by atoms with E-state index in [0.717, 1.165) is 31.7 Å². The van der Waals surface area contributed by atoms with Gasteiger partial charge in [0, 0.05) is 25.1 Å². The lowest BCUT2D eigenvalue weighted by Gasteiger charge is -2.20. The number of amides is 1. The number of carbonyl (C=O) groups is 1. The first kappa shape index (κ1) is 17.2. The molecule has 3 heterocycles. The fourth-order valence-electron chi connectivity index (χ4n) is 3.19. The predicted octanol–water partition coefficient (Wildman–Crippen LogP) is 2.53. The topological polar surface area (TPSA) is 74.6 Å². The van der Waals surface area contributed by atoms with Crippen molar-refractivity contribution >= 4 is 23.3 Å². The van der Waals surface area contributed by atoms with Crippen molar-refractivity contribution in [3.05, 3.63) is 35.0 Å². The maximum atomic E-state index is 12.5. The van der Waals surface area contributed by atoms with Crippen molar-refractivity contribution in [2.75, 3.05) is 31.7 Å². The van der Waals surface area contributed by atoms with Gasteiger partial charge < -0.3 is 19.5 Å². The van der Waals surface area contributed by atoms with Gasteiger partial charge in [-0.05, 0) is 24.1 Å². The summed E-state index contributed by atoms with van der Waals surface area (Å²) in [6, 6.07) is 5.33. The van der Waals surface area contributed by atoms with E-state index >= 15 is 0 Å². The van der Waals surface area contributed by atoms with Gasteiger partial charge in [-0.15, -0.1) is 0 Å². The number of halogens is 1. The van der Waals surface area contributed by atoms with E-state index in [-0.39, 0.29) is 12.3 Å². The number of hydrogen-bond donors (Lipinski definition) is 1. The van der Waals surface area contributed by atoms with E-state index in [9.17, 15) is 4.79 Å². The molecule has 1 fully saturated rings. The van der Waals surface area contributed by atoms with Crippen LogP contribution >= 0.6 is 11.6 Å². The molecule has 1 saturated heterocycles. The first-order valence-electron chi connectivity index (χ1n) is 8.66. The quantitative estimate of drug-likeness (QED) is 0.866. The molecule has 0 saturated carbocycles. The molecule has 0 unspecified atom stereocenters. The average molecular weight is 378 g/mol. The third kappa shape index (κ3) is 3.78. The lowest BCUT2D eigenvalue weighted by Crippen LogP contribution is -2.20. The van der Waals surface area contributed by atoms with Crippen LogP contribution in [0.3, 0.4) is 0 Å². The van der Waals surface area contributed by atoms with Crippen LogP contribution in [0.1, 0.15) is 12.0 Å². The summed E-state index contributed by atoms with van der Waals surface area (Å²) in [5.74, 6) is 2.10. The monoisotopic (exact) mass is 377 g/mol. The first-order valence-corrected chi connectivity index (χ1v) is 9.04. The van der Waals surface area contributed by atoms with Gasteiger partial charge >= 0.3 is 0 Å². The standard InChI is InChI=1S/C18H20ClN3O4/c19-14-7-13(8-15-18(14)26-6-5-25-15)9-17(23)21-16-1-3-20-22(16)10-12-2-4-24-11-12/h1,3,7-8,12H,2,4-6,9-11H2,(H,21,23)/t12-/m0/s1. The molecule has 7 nitrogen and oxygen atoms in total. The van der Waals surface area contributed by atoms with Crippen molar-refractivity contribution in [1.29, 1.82) is 0 Å². The Kier molecular flexibility index (Phi) is 4.99. The van der Waals surface area contributed by atoms with Crippen LogP contribution in [0.4, 0.5) is 5.82 Å². The molecule has 0 bridgehead atoms. The van der Waals surface area contributed by atoms with Gasteiger partial charge in [0.15, 0.2) is 11.5 Å². The number of carbonyl (C=O) groups excluding carboxylic acids is 1. The van der Waals surface area contributed by atoms with Crippen LogP contribution in [-0.2, 0) is 22.5 Å². The minimum Gasteiger partial charge on any atom is -0.486 e. The van der Waals surface area contributed by atoms with Crippen LogP contribution in [-0.4, -0.2) is 42.1 Å². The molecule has 0 spiro atoms. The number of benzene rings is 1. The number of anilines is 1. The highest BCUT2D eigenvalue weighted by Crippen LogP contribution is 2.38. The third-order valence-corrected chi connectivity index (χ3v) is 4.74. The van der Waals surface area contributed by atoms with E-state index in [2.05, 4.69) is 10.4 Å². The lowest BCUT2D eigenvalue weighted by molar-refractivity contribution is -0.115. The number of fused-ring (bicyclic) bond motifs is 1. The van der Waals surface area contributed by atoms with Gasteiger partial charge in [-0.3, -0.25) is 4.79 Å².